The van der Waals surface area contributed by atoms with Crippen molar-refractivity contribution in [3.63, 3.8) is 0 Å². The largest absolute Gasteiger partial charge is 0.381 e. The van der Waals surface area contributed by atoms with E-state index in [1.165, 1.54) is 32.1 Å². The number of hydrogen-bond donors (Lipinski definition) is 1. The number of nitrogens with one attached hydrogen (secondary N) is 1. The molecule has 3 fully saturated rings. The first-order valence-electron chi connectivity index (χ1n) is 8.76. The minimum absolute atomic E-state index is 0.158. The lowest BCUT2D eigenvalue weighted by Crippen LogP contribution is -2.66. The summed E-state index contributed by atoms with van der Waals surface area (Å²) in [7, 11) is 0. The van der Waals surface area contributed by atoms with Crippen molar-refractivity contribution in [2.75, 3.05) is 19.8 Å². The number of carbonyl (C=O) groups excluding carboxylic acids is 1. The zero-order valence-corrected chi connectivity index (χ0v) is 13.2. The Kier molecular flexibility index (Phi) is 4.85. The monoisotopic (exact) mass is 295 g/mol. The Labute approximate surface area is 127 Å². The van der Waals surface area contributed by atoms with Gasteiger partial charge in [0.15, 0.2) is 0 Å². The van der Waals surface area contributed by atoms with Crippen LogP contribution in [0.15, 0.2) is 0 Å². The van der Waals surface area contributed by atoms with Crippen molar-refractivity contribution in [2.45, 2.75) is 70.4 Å². The Balaban J connectivity index is 1.60. The first-order chi connectivity index (χ1) is 10.3. The van der Waals surface area contributed by atoms with Crippen LogP contribution in [-0.4, -0.2) is 37.9 Å². The summed E-state index contributed by atoms with van der Waals surface area (Å²) in [6.07, 6.45) is 9.46. The molecule has 0 aromatic carbocycles. The highest BCUT2D eigenvalue weighted by molar-refractivity contribution is 5.79. The highest BCUT2D eigenvalue weighted by Gasteiger charge is 2.56. The average Bonchev–Trinajstić information content (AvgIpc) is 2.55. The predicted molar refractivity (Wildman–Crippen MR) is 81.0 cm³/mol. The second-order valence-electron chi connectivity index (χ2n) is 6.92. The van der Waals surface area contributed by atoms with Crippen molar-refractivity contribution in [2.24, 2.45) is 11.3 Å². The Morgan fingerprint density at radius 3 is 2.62 bits per heavy atom. The van der Waals surface area contributed by atoms with Crippen molar-refractivity contribution in [3.8, 4) is 0 Å². The Hall–Kier alpha value is -0.610. The maximum Gasteiger partial charge on any atom is 0.223 e. The molecule has 4 nitrogen and oxygen atoms in total. The molecule has 3 aliphatic rings. The summed E-state index contributed by atoms with van der Waals surface area (Å²) in [6.45, 7) is 4.32. The van der Waals surface area contributed by atoms with Gasteiger partial charge in [-0.25, -0.2) is 0 Å². The lowest BCUT2D eigenvalue weighted by Gasteiger charge is -2.57. The number of rotatable bonds is 4. The van der Waals surface area contributed by atoms with Crippen LogP contribution in [0.2, 0.25) is 0 Å². The molecule has 120 valence electrons. The van der Waals surface area contributed by atoms with Gasteiger partial charge in [-0.05, 0) is 39.0 Å². The zero-order valence-electron chi connectivity index (χ0n) is 13.2. The average molecular weight is 295 g/mol. The lowest BCUT2D eigenvalue weighted by atomic mass is 9.55. The number of carbonyl (C=O) groups is 1. The van der Waals surface area contributed by atoms with Crippen LogP contribution in [0.1, 0.15) is 58.3 Å². The van der Waals surface area contributed by atoms with Gasteiger partial charge in [0, 0.05) is 37.2 Å². The second-order valence-corrected chi connectivity index (χ2v) is 6.92. The molecule has 0 aromatic rings. The molecule has 2 aliphatic carbocycles. The predicted octanol–water partition coefficient (Wildman–Crippen LogP) is 2.66. The third kappa shape index (κ3) is 2.98. The van der Waals surface area contributed by atoms with Gasteiger partial charge in [0.1, 0.15) is 0 Å². The van der Waals surface area contributed by atoms with Gasteiger partial charge in [0.2, 0.25) is 5.91 Å². The van der Waals surface area contributed by atoms with E-state index in [1.54, 1.807) is 0 Å². The minimum Gasteiger partial charge on any atom is -0.381 e. The molecule has 4 heteroatoms. The molecule has 1 saturated heterocycles. The van der Waals surface area contributed by atoms with Crippen molar-refractivity contribution >= 4 is 5.91 Å². The zero-order chi connectivity index (χ0) is 14.7. The van der Waals surface area contributed by atoms with Gasteiger partial charge in [-0.3, -0.25) is 4.79 Å². The van der Waals surface area contributed by atoms with Gasteiger partial charge in [-0.2, -0.15) is 0 Å². The highest BCUT2D eigenvalue weighted by atomic mass is 16.5. The number of hydrogen-bond acceptors (Lipinski definition) is 3. The fourth-order valence-electron chi connectivity index (χ4n) is 4.52. The van der Waals surface area contributed by atoms with Crippen molar-refractivity contribution in [1.82, 2.24) is 5.32 Å². The molecule has 21 heavy (non-hydrogen) atoms. The molecule has 1 N–H and O–H groups in total. The fraction of sp³-hybridized carbons (Fsp3) is 0.941. The highest BCUT2D eigenvalue weighted by Crippen LogP contribution is 2.53. The van der Waals surface area contributed by atoms with E-state index in [9.17, 15) is 4.79 Å². The summed E-state index contributed by atoms with van der Waals surface area (Å²) >= 11 is 0. The van der Waals surface area contributed by atoms with Crippen LogP contribution in [0.4, 0.5) is 0 Å². The smallest absolute Gasteiger partial charge is 0.223 e. The van der Waals surface area contributed by atoms with E-state index in [2.05, 4.69) is 12.2 Å². The quantitative estimate of drug-likeness (QED) is 0.867. The van der Waals surface area contributed by atoms with Crippen LogP contribution in [0.3, 0.4) is 0 Å². The molecule has 2 saturated carbocycles. The molecule has 2 atom stereocenters. The molecule has 1 amide bonds. The molecular formula is C17H29NO3. The molecule has 0 radical (unpaired) electrons. The molecule has 0 bridgehead atoms. The summed E-state index contributed by atoms with van der Waals surface area (Å²) in [6, 6.07) is 0.338. The number of amides is 1. The summed E-state index contributed by atoms with van der Waals surface area (Å²) in [5.74, 6) is 0.411. The molecule has 1 heterocycles. The topological polar surface area (TPSA) is 47.6 Å². The van der Waals surface area contributed by atoms with Crippen LogP contribution in [0.25, 0.3) is 0 Å². The maximum absolute atomic E-state index is 12.5. The van der Waals surface area contributed by atoms with Gasteiger partial charge in [-0.15, -0.1) is 0 Å². The summed E-state index contributed by atoms with van der Waals surface area (Å²) in [5, 5.41) is 3.36. The Morgan fingerprint density at radius 2 is 1.95 bits per heavy atom. The Morgan fingerprint density at radius 1 is 1.24 bits per heavy atom. The van der Waals surface area contributed by atoms with E-state index >= 15 is 0 Å². The maximum atomic E-state index is 12.5. The van der Waals surface area contributed by atoms with E-state index in [4.69, 9.17) is 9.47 Å². The summed E-state index contributed by atoms with van der Waals surface area (Å²) < 4.78 is 11.3. The summed E-state index contributed by atoms with van der Waals surface area (Å²) in [4.78, 5) is 12.5. The first-order valence-corrected chi connectivity index (χ1v) is 8.76. The normalized spacial score (nSPS) is 32.6. The van der Waals surface area contributed by atoms with Crippen molar-refractivity contribution in [3.05, 3.63) is 0 Å². The summed E-state index contributed by atoms with van der Waals surface area (Å²) in [5.41, 5.74) is 0.231. The van der Waals surface area contributed by atoms with E-state index in [-0.39, 0.29) is 17.2 Å². The second kappa shape index (κ2) is 6.66. The van der Waals surface area contributed by atoms with Gasteiger partial charge in [0.25, 0.3) is 0 Å². The lowest BCUT2D eigenvalue weighted by molar-refractivity contribution is -0.159. The van der Waals surface area contributed by atoms with Gasteiger partial charge in [0.05, 0.1) is 6.10 Å². The van der Waals surface area contributed by atoms with Crippen LogP contribution in [0.5, 0.6) is 0 Å². The molecule has 1 aliphatic heterocycles. The molecule has 1 spiro atoms. The van der Waals surface area contributed by atoms with Gasteiger partial charge >= 0.3 is 0 Å². The Bertz CT molecular complexity index is 359. The third-order valence-electron chi connectivity index (χ3n) is 5.85. The van der Waals surface area contributed by atoms with E-state index in [0.717, 1.165) is 39.1 Å². The first kappa shape index (κ1) is 15.3. The van der Waals surface area contributed by atoms with Crippen LogP contribution in [-0.2, 0) is 14.3 Å². The molecule has 0 aromatic heterocycles. The van der Waals surface area contributed by atoms with Crippen LogP contribution < -0.4 is 5.32 Å². The minimum atomic E-state index is 0.158. The fourth-order valence-corrected chi connectivity index (χ4v) is 4.52. The van der Waals surface area contributed by atoms with Gasteiger partial charge in [-0.1, -0.05) is 19.3 Å². The number of ether oxygens (including phenoxy) is 2. The molecule has 3 rings (SSSR count). The van der Waals surface area contributed by atoms with Gasteiger partial charge < -0.3 is 14.8 Å². The van der Waals surface area contributed by atoms with Crippen molar-refractivity contribution < 1.29 is 14.3 Å². The molecular weight excluding hydrogens is 266 g/mol. The van der Waals surface area contributed by atoms with Crippen LogP contribution in [0, 0.1) is 11.3 Å². The van der Waals surface area contributed by atoms with E-state index < -0.39 is 0 Å². The van der Waals surface area contributed by atoms with E-state index in [1.807, 2.05) is 0 Å². The third-order valence-corrected chi connectivity index (χ3v) is 5.85. The molecule has 0 unspecified atom stereocenters. The SMILES string of the molecule is CCO[C@H]1C[C@H](NC(=O)C2CCOCC2)C12CCCCC2. The van der Waals surface area contributed by atoms with Crippen LogP contribution >= 0.6 is 0 Å². The standard InChI is InChI=1S/C17H29NO3/c1-2-21-15-12-14(17(15)8-4-3-5-9-17)18-16(19)13-6-10-20-11-7-13/h13-15H,2-12H2,1H3,(H,18,19)/t14-,15-/m0/s1. The van der Waals surface area contributed by atoms with Crippen molar-refractivity contribution in [1.29, 1.82) is 0 Å². The van der Waals surface area contributed by atoms with E-state index in [0.29, 0.717) is 12.1 Å².